The van der Waals surface area contributed by atoms with Crippen LogP contribution in [0, 0.1) is 0 Å². The Labute approximate surface area is 118 Å². The molecular formula is C13H11N5OS. The monoisotopic (exact) mass is 285 g/mol. The normalized spacial score (nSPS) is 10.4. The highest BCUT2D eigenvalue weighted by atomic mass is 32.1. The van der Waals surface area contributed by atoms with Crippen molar-refractivity contribution < 1.29 is 4.79 Å². The average molecular weight is 285 g/mol. The number of nitrogens with two attached hydrogens (primary N) is 1. The van der Waals surface area contributed by atoms with Crippen LogP contribution >= 0.6 is 11.3 Å². The number of benzene rings is 1. The fourth-order valence-corrected chi connectivity index (χ4v) is 2.49. The van der Waals surface area contributed by atoms with Crippen LogP contribution in [-0.2, 0) is 0 Å². The summed E-state index contributed by atoms with van der Waals surface area (Å²) in [4.78, 5) is 20.4. The smallest absolute Gasteiger partial charge is 0.274 e. The molecule has 0 fully saturated rings. The molecule has 0 aliphatic carbocycles. The number of carbonyl (C=O) groups is 1. The number of nitrogens with one attached hydrogen (secondary N) is 2. The molecule has 1 aromatic carbocycles. The van der Waals surface area contributed by atoms with Gasteiger partial charge < -0.3 is 10.7 Å². The van der Waals surface area contributed by atoms with Crippen molar-refractivity contribution in [3.8, 4) is 0 Å². The van der Waals surface area contributed by atoms with E-state index >= 15 is 0 Å². The van der Waals surface area contributed by atoms with Gasteiger partial charge in [0.05, 0.1) is 15.7 Å². The Morgan fingerprint density at radius 2 is 2.15 bits per heavy atom. The molecular weight excluding hydrogens is 274 g/mol. The van der Waals surface area contributed by atoms with Gasteiger partial charge >= 0.3 is 0 Å². The molecule has 0 saturated carbocycles. The number of carbonyl (C=O) groups excluding carboxylic acids is 1. The van der Waals surface area contributed by atoms with Crippen molar-refractivity contribution in [1.82, 2.24) is 9.97 Å². The summed E-state index contributed by atoms with van der Waals surface area (Å²) in [5.74, 6) is 5.43. The van der Waals surface area contributed by atoms with Crippen LogP contribution in [0.1, 0.15) is 10.5 Å². The van der Waals surface area contributed by atoms with Gasteiger partial charge in [-0.05, 0) is 30.3 Å². The Morgan fingerprint density at radius 1 is 1.25 bits per heavy atom. The maximum absolute atomic E-state index is 12.1. The van der Waals surface area contributed by atoms with Crippen LogP contribution in [0.15, 0.2) is 41.9 Å². The Bertz CT molecular complexity index is 770. The van der Waals surface area contributed by atoms with Crippen molar-refractivity contribution >= 4 is 39.0 Å². The first-order chi connectivity index (χ1) is 9.76. The molecule has 0 aliphatic heterocycles. The number of anilines is 2. The average Bonchev–Trinajstić information content (AvgIpc) is 2.95. The molecule has 2 heterocycles. The number of hydrogen-bond donors (Lipinski definition) is 3. The minimum Gasteiger partial charge on any atom is -0.321 e. The summed E-state index contributed by atoms with van der Waals surface area (Å²) in [6, 6.07) is 10.6. The molecule has 0 spiro atoms. The van der Waals surface area contributed by atoms with E-state index in [4.69, 9.17) is 5.84 Å². The summed E-state index contributed by atoms with van der Waals surface area (Å²) in [5.41, 5.74) is 6.10. The third kappa shape index (κ3) is 2.44. The van der Waals surface area contributed by atoms with Crippen LogP contribution in [0.3, 0.4) is 0 Å². The van der Waals surface area contributed by atoms with Gasteiger partial charge in [-0.3, -0.25) is 4.79 Å². The van der Waals surface area contributed by atoms with Crippen LogP contribution in [-0.4, -0.2) is 15.9 Å². The van der Waals surface area contributed by atoms with Crippen LogP contribution in [0.4, 0.5) is 11.5 Å². The lowest BCUT2D eigenvalue weighted by Crippen LogP contribution is -2.16. The van der Waals surface area contributed by atoms with Crippen LogP contribution in [0.2, 0.25) is 0 Å². The maximum atomic E-state index is 12.1. The molecule has 0 radical (unpaired) electrons. The van der Waals surface area contributed by atoms with E-state index in [9.17, 15) is 4.79 Å². The van der Waals surface area contributed by atoms with E-state index in [1.54, 1.807) is 23.7 Å². The third-order valence-electron chi connectivity index (χ3n) is 2.72. The van der Waals surface area contributed by atoms with E-state index in [0.29, 0.717) is 17.2 Å². The minimum absolute atomic E-state index is 0.286. The number of hydrogen-bond acceptors (Lipinski definition) is 6. The van der Waals surface area contributed by atoms with Gasteiger partial charge in [-0.1, -0.05) is 6.07 Å². The Morgan fingerprint density at radius 3 is 3.00 bits per heavy atom. The first-order valence-electron chi connectivity index (χ1n) is 5.84. The number of amides is 1. The molecule has 100 valence electrons. The van der Waals surface area contributed by atoms with E-state index < -0.39 is 0 Å². The molecule has 3 rings (SSSR count). The molecule has 1 amide bonds. The summed E-state index contributed by atoms with van der Waals surface area (Å²) >= 11 is 1.53. The van der Waals surface area contributed by atoms with Crippen molar-refractivity contribution in [2.75, 3.05) is 10.7 Å². The topological polar surface area (TPSA) is 92.9 Å². The molecule has 0 bridgehead atoms. The zero-order valence-electron chi connectivity index (χ0n) is 10.3. The van der Waals surface area contributed by atoms with Gasteiger partial charge in [-0.25, -0.2) is 15.8 Å². The van der Waals surface area contributed by atoms with Crippen LogP contribution in [0.25, 0.3) is 10.2 Å². The predicted octanol–water partition coefficient (Wildman–Crippen LogP) is 2.23. The third-order valence-corrected chi connectivity index (χ3v) is 3.51. The molecule has 7 heteroatoms. The van der Waals surface area contributed by atoms with Crippen molar-refractivity contribution in [2.45, 2.75) is 0 Å². The lowest BCUT2D eigenvalue weighted by atomic mass is 10.2. The lowest BCUT2D eigenvalue weighted by Gasteiger charge is -2.06. The standard InChI is InChI=1S/C13H11N5OS/c14-18-12-3-1-2-10(17-12)13(19)16-8-4-5-9-11(6-8)20-7-15-9/h1-7H,14H2,(H,16,19)(H,17,18). The molecule has 0 aliphatic rings. The fourth-order valence-electron chi connectivity index (χ4n) is 1.77. The summed E-state index contributed by atoms with van der Waals surface area (Å²) in [5, 5.41) is 2.80. The van der Waals surface area contributed by atoms with Gasteiger partial charge in [-0.2, -0.15) is 0 Å². The fraction of sp³-hybridized carbons (Fsp3) is 0. The zero-order valence-corrected chi connectivity index (χ0v) is 11.1. The largest absolute Gasteiger partial charge is 0.321 e. The molecule has 4 N–H and O–H groups in total. The van der Waals surface area contributed by atoms with Crippen molar-refractivity contribution in [3.05, 3.63) is 47.6 Å². The van der Waals surface area contributed by atoms with Gasteiger partial charge in [0, 0.05) is 5.69 Å². The summed E-state index contributed by atoms with van der Waals surface area (Å²) < 4.78 is 1.02. The Balaban J connectivity index is 1.83. The number of fused-ring (bicyclic) bond motifs is 1. The van der Waals surface area contributed by atoms with Gasteiger partial charge in [0.1, 0.15) is 11.5 Å². The molecule has 0 saturated heterocycles. The van der Waals surface area contributed by atoms with Crippen LogP contribution < -0.4 is 16.6 Å². The highest BCUT2D eigenvalue weighted by molar-refractivity contribution is 7.16. The molecule has 20 heavy (non-hydrogen) atoms. The SMILES string of the molecule is NNc1cccc(C(=O)Nc2ccc3ncsc3c2)n1. The van der Waals surface area contributed by atoms with Crippen LogP contribution in [0.5, 0.6) is 0 Å². The highest BCUT2D eigenvalue weighted by Crippen LogP contribution is 2.22. The van der Waals surface area contributed by atoms with Gasteiger partial charge in [0.15, 0.2) is 0 Å². The second-order valence-electron chi connectivity index (χ2n) is 4.04. The second-order valence-corrected chi connectivity index (χ2v) is 4.93. The van der Waals surface area contributed by atoms with Crippen molar-refractivity contribution in [1.29, 1.82) is 0 Å². The van der Waals surface area contributed by atoms with E-state index in [-0.39, 0.29) is 5.91 Å². The summed E-state index contributed by atoms with van der Waals surface area (Å²) in [6.07, 6.45) is 0. The van der Waals surface area contributed by atoms with E-state index in [1.807, 2.05) is 18.2 Å². The van der Waals surface area contributed by atoms with Gasteiger partial charge in [-0.15, -0.1) is 11.3 Å². The molecule has 3 aromatic rings. The number of nitrogens with zero attached hydrogens (tertiary/aromatic N) is 2. The first-order valence-corrected chi connectivity index (χ1v) is 6.72. The molecule has 6 nitrogen and oxygen atoms in total. The highest BCUT2D eigenvalue weighted by Gasteiger charge is 2.09. The number of nitrogen functional groups attached to an aromatic ring is 1. The van der Waals surface area contributed by atoms with Gasteiger partial charge in [0.25, 0.3) is 5.91 Å². The number of aromatic nitrogens is 2. The number of pyridine rings is 1. The molecule has 0 atom stereocenters. The summed E-state index contributed by atoms with van der Waals surface area (Å²) in [7, 11) is 0. The number of rotatable bonds is 3. The first kappa shape index (κ1) is 12.5. The predicted molar refractivity (Wildman–Crippen MR) is 79.6 cm³/mol. The minimum atomic E-state index is -0.286. The lowest BCUT2D eigenvalue weighted by molar-refractivity contribution is 0.102. The maximum Gasteiger partial charge on any atom is 0.274 e. The second kappa shape index (κ2) is 5.24. The molecule has 2 aromatic heterocycles. The van der Waals surface area contributed by atoms with Crippen molar-refractivity contribution in [2.24, 2.45) is 5.84 Å². The van der Waals surface area contributed by atoms with E-state index in [2.05, 4.69) is 20.7 Å². The van der Waals surface area contributed by atoms with Crippen molar-refractivity contribution in [3.63, 3.8) is 0 Å². The summed E-state index contributed by atoms with van der Waals surface area (Å²) in [6.45, 7) is 0. The quantitative estimate of drug-likeness (QED) is 0.507. The Hall–Kier alpha value is -2.51. The zero-order chi connectivity index (χ0) is 13.9. The molecule has 0 unspecified atom stereocenters. The van der Waals surface area contributed by atoms with Gasteiger partial charge in [0.2, 0.25) is 0 Å². The van der Waals surface area contributed by atoms with E-state index in [0.717, 1.165) is 10.2 Å². The number of hydrazine groups is 1. The Kier molecular flexibility index (Phi) is 3.28. The number of thiazole rings is 1. The van der Waals surface area contributed by atoms with E-state index in [1.165, 1.54) is 11.3 Å².